The molecule has 1 unspecified atom stereocenters. The van der Waals surface area contributed by atoms with Gasteiger partial charge in [0.15, 0.2) is 0 Å². The van der Waals surface area contributed by atoms with Crippen LogP contribution in [0.3, 0.4) is 0 Å². The molecule has 1 amide bonds. The third-order valence-corrected chi connectivity index (χ3v) is 8.78. The first kappa shape index (κ1) is 29.0. The van der Waals surface area contributed by atoms with Crippen molar-refractivity contribution in [1.82, 2.24) is 14.7 Å². The molecule has 0 bridgehead atoms. The summed E-state index contributed by atoms with van der Waals surface area (Å²) in [6.07, 6.45) is 0.223. The average molecular weight is 568 g/mol. The topological polar surface area (TPSA) is 107 Å². The van der Waals surface area contributed by atoms with Crippen LogP contribution >= 0.6 is 0 Å². The van der Waals surface area contributed by atoms with Crippen LogP contribution in [-0.4, -0.2) is 54.4 Å². The van der Waals surface area contributed by atoms with Gasteiger partial charge in [0.1, 0.15) is 6.04 Å². The lowest BCUT2D eigenvalue weighted by Gasteiger charge is -2.38. The Morgan fingerprint density at radius 2 is 1.62 bits per heavy atom. The second-order valence-corrected chi connectivity index (χ2v) is 11.7. The minimum absolute atomic E-state index is 0.0645. The number of alkyl halides is 3. The Kier molecular flexibility index (Phi) is 8.97. The van der Waals surface area contributed by atoms with E-state index < -0.39 is 56.5 Å². The lowest BCUT2D eigenvalue weighted by Crippen LogP contribution is -2.54. The summed E-state index contributed by atoms with van der Waals surface area (Å²) in [4.78, 5) is 29.5. The van der Waals surface area contributed by atoms with Crippen molar-refractivity contribution in [2.45, 2.75) is 68.1 Å². The van der Waals surface area contributed by atoms with Gasteiger partial charge in [0.05, 0.1) is 16.5 Å². The number of nitrogens with zero attached hydrogens (tertiary/aromatic N) is 2. The van der Waals surface area contributed by atoms with Gasteiger partial charge in [-0.3, -0.25) is 19.5 Å². The predicted octanol–water partition coefficient (Wildman–Crippen LogP) is 4.60. The first-order chi connectivity index (χ1) is 18.5. The summed E-state index contributed by atoms with van der Waals surface area (Å²) in [7, 11) is -4.47. The Morgan fingerprint density at radius 1 is 0.974 bits per heavy atom. The number of amides is 1. The molecule has 2 aliphatic rings. The van der Waals surface area contributed by atoms with Crippen LogP contribution in [0.25, 0.3) is 0 Å². The van der Waals surface area contributed by atoms with Gasteiger partial charge in [-0.1, -0.05) is 49.6 Å². The van der Waals surface area contributed by atoms with Gasteiger partial charge < -0.3 is 5.11 Å². The highest BCUT2D eigenvalue weighted by Gasteiger charge is 2.39. The van der Waals surface area contributed by atoms with Crippen LogP contribution in [0.1, 0.15) is 62.1 Å². The van der Waals surface area contributed by atoms with Crippen molar-refractivity contribution in [1.29, 1.82) is 0 Å². The van der Waals surface area contributed by atoms with Crippen LogP contribution in [-0.2, 0) is 25.8 Å². The van der Waals surface area contributed by atoms with Crippen molar-refractivity contribution in [3.8, 4) is 0 Å². The van der Waals surface area contributed by atoms with E-state index in [1.165, 1.54) is 0 Å². The highest BCUT2D eigenvalue weighted by atomic mass is 32.2. The van der Waals surface area contributed by atoms with Crippen LogP contribution in [0.2, 0.25) is 0 Å². The molecule has 8 nitrogen and oxygen atoms in total. The Balaban J connectivity index is 1.72. The maximum absolute atomic E-state index is 13.9. The number of halogens is 3. The number of carbonyl (C=O) groups is 2. The van der Waals surface area contributed by atoms with E-state index in [4.69, 9.17) is 0 Å². The smallest absolute Gasteiger partial charge is 0.416 e. The number of hydrogen-bond donors (Lipinski definition) is 2. The van der Waals surface area contributed by atoms with Crippen molar-refractivity contribution in [3.05, 3.63) is 65.7 Å². The number of benzene rings is 2. The van der Waals surface area contributed by atoms with E-state index in [0.717, 1.165) is 36.4 Å². The van der Waals surface area contributed by atoms with E-state index in [2.05, 4.69) is 4.83 Å². The standard InChI is InChI=1S/C27H32F3N3O5S/c28-27(29,30)21-13-15-22(16-14-21)39(37,38)31-33(25(34)20-10-5-2-6-11-20)24(19-8-3-1-4-9-19)18-32-17-7-12-23(32)26(35)36/h1,3-4,8-9,13-16,20,23-24,31H,2,5-7,10-12,17-18H2,(H,35,36)/t23?,24-/m1/s1. The quantitative estimate of drug-likeness (QED) is 0.429. The molecule has 2 atom stereocenters. The number of hydrazine groups is 1. The summed E-state index contributed by atoms with van der Waals surface area (Å²) in [6.45, 7) is 0.534. The molecule has 2 aromatic rings. The third kappa shape index (κ3) is 6.98. The van der Waals surface area contributed by atoms with Crippen molar-refractivity contribution >= 4 is 21.9 Å². The summed E-state index contributed by atoms with van der Waals surface area (Å²) in [5.41, 5.74) is -0.389. The SMILES string of the molecule is O=C(O)C1CCCN1C[C@H](c1ccccc1)N(NS(=O)(=O)c1ccc(C(F)(F)F)cc1)C(=O)C1CCCCC1. The molecular weight excluding hydrogens is 535 g/mol. The maximum atomic E-state index is 13.9. The molecule has 2 aromatic carbocycles. The van der Waals surface area contributed by atoms with Gasteiger partial charge in [-0.2, -0.15) is 13.2 Å². The minimum atomic E-state index is -4.63. The fourth-order valence-corrected chi connectivity index (χ4v) is 6.45. The fraction of sp³-hybridized carbons (Fsp3) is 0.481. The Hall–Kier alpha value is -2.96. The summed E-state index contributed by atoms with van der Waals surface area (Å²) in [5.74, 6) is -1.87. The Morgan fingerprint density at radius 3 is 2.21 bits per heavy atom. The van der Waals surface area contributed by atoms with Gasteiger partial charge >= 0.3 is 12.1 Å². The number of carboxylic acids is 1. The highest BCUT2D eigenvalue weighted by molar-refractivity contribution is 7.89. The molecule has 0 aromatic heterocycles. The number of hydrogen-bond acceptors (Lipinski definition) is 5. The van der Waals surface area contributed by atoms with E-state index >= 15 is 0 Å². The van der Waals surface area contributed by atoms with Crippen LogP contribution < -0.4 is 4.83 Å². The molecule has 212 valence electrons. The lowest BCUT2D eigenvalue weighted by molar-refractivity contribution is -0.144. The molecule has 1 aliphatic carbocycles. The number of sulfonamides is 1. The summed E-state index contributed by atoms with van der Waals surface area (Å²) in [5, 5.41) is 10.8. The zero-order valence-electron chi connectivity index (χ0n) is 21.3. The second-order valence-electron chi connectivity index (χ2n) is 10.1. The van der Waals surface area contributed by atoms with E-state index in [-0.39, 0.29) is 6.54 Å². The molecule has 0 spiro atoms. The first-order valence-electron chi connectivity index (χ1n) is 13.0. The zero-order chi connectivity index (χ0) is 28.2. The molecule has 4 rings (SSSR count). The molecule has 1 heterocycles. The van der Waals surface area contributed by atoms with Gasteiger partial charge in [-0.25, -0.2) is 8.42 Å². The van der Waals surface area contributed by atoms with Crippen molar-refractivity contribution < 1.29 is 36.3 Å². The van der Waals surface area contributed by atoms with Gasteiger partial charge in [0.25, 0.3) is 10.0 Å². The predicted molar refractivity (Wildman–Crippen MR) is 137 cm³/mol. The molecule has 2 N–H and O–H groups in total. The van der Waals surface area contributed by atoms with E-state index in [0.29, 0.717) is 49.9 Å². The summed E-state index contributed by atoms with van der Waals surface area (Å²) >= 11 is 0. The van der Waals surface area contributed by atoms with Gasteiger partial charge in [0.2, 0.25) is 5.91 Å². The van der Waals surface area contributed by atoms with E-state index in [1.54, 1.807) is 35.2 Å². The molecule has 2 fully saturated rings. The number of carbonyl (C=O) groups excluding carboxylic acids is 1. The first-order valence-corrected chi connectivity index (χ1v) is 14.5. The fourth-order valence-electron chi connectivity index (χ4n) is 5.37. The molecule has 39 heavy (non-hydrogen) atoms. The number of aliphatic carboxylic acids is 1. The molecule has 0 radical (unpaired) electrons. The normalized spacial score (nSPS) is 20.0. The third-order valence-electron chi connectivity index (χ3n) is 7.45. The zero-order valence-corrected chi connectivity index (χ0v) is 22.1. The highest BCUT2D eigenvalue weighted by Crippen LogP contribution is 2.33. The number of nitrogens with one attached hydrogen (secondary N) is 1. The monoisotopic (exact) mass is 567 g/mol. The minimum Gasteiger partial charge on any atom is -0.480 e. The molecule has 1 saturated heterocycles. The van der Waals surface area contributed by atoms with Crippen LogP contribution in [0.15, 0.2) is 59.5 Å². The number of carboxylic acid groups (broad SMARTS) is 1. The van der Waals surface area contributed by atoms with Gasteiger partial charge in [-0.05, 0) is 62.1 Å². The van der Waals surface area contributed by atoms with Crippen molar-refractivity contribution in [2.24, 2.45) is 5.92 Å². The molecule has 1 saturated carbocycles. The lowest BCUT2D eigenvalue weighted by atomic mass is 9.88. The van der Waals surface area contributed by atoms with Crippen LogP contribution in [0, 0.1) is 5.92 Å². The van der Waals surface area contributed by atoms with Crippen LogP contribution in [0.5, 0.6) is 0 Å². The Labute approximate surface area is 225 Å². The summed E-state index contributed by atoms with van der Waals surface area (Å²) < 4.78 is 66.0. The molecular formula is C27H32F3N3O5S. The largest absolute Gasteiger partial charge is 0.480 e. The van der Waals surface area contributed by atoms with Gasteiger partial charge in [-0.15, -0.1) is 4.83 Å². The molecule has 1 aliphatic heterocycles. The molecule has 12 heteroatoms. The summed E-state index contributed by atoms with van der Waals surface area (Å²) in [6, 6.07) is 10.2. The number of likely N-dealkylation sites (tertiary alicyclic amines) is 1. The van der Waals surface area contributed by atoms with E-state index in [9.17, 15) is 36.3 Å². The number of rotatable bonds is 9. The second kappa shape index (κ2) is 12.1. The van der Waals surface area contributed by atoms with Crippen molar-refractivity contribution in [2.75, 3.05) is 13.1 Å². The maximum Gasteiger partial charge on any atom is 0.416 e. The van der Waals surface area contributed by atoms with E-state index in [1.807, 2.05) is 0 Å². The van der Waals surface area contributed by atoms with Crippen molar-refractivity contribution in [3.63, 3.8) is 0 Å². The van der Waals surface area contributed by atoms with Gasteiger partial charge in [0, 0.05) is 12.5 Å². The average Bonchev–Trinajstić information content (AvgIpc) is 3.39. The Bertz CT molecular complexity index is 1250. The van der Waals surface area contributed by atoms with Crippen LogP contribution in [0.4, 0.5) is 13.2 Å².